The van der Waals surface area contributed by atoms with Gasteiger partial charge in [0.15, 0.2) is 0 Å². The van der Waals surface area contributed by atoms with E-state index in [4.69, 9.17) is 16.3 Å². The standard InChI is InChI=1S/C27H28ClFN4O/c1-16(31-26-22-9-8-20(34-2)15-25(22)32-27(28)33-26)13-17-3-5-18(6-4-17)21-11-12-30-24-10-7-19(29)14-23(21)24/h7-12,14-18H,3-6,13H2,1-2H3,(H,31,32,33)/t16-,17-,18+/m1/s1. The van der Waals surface area contributed by atoms with Gasteiger partial charge in [0, 0.05) is 29.1 Å². The van der Waals surface area contributed by atoms with E-state index in [0.717, 1.165) is 65.5 Å². The summed E-state index contributed by atoms with van der Waals surface area (Å²) in [5, 5.41) is 5.65. The molecule has 1 aliphatic rings. The van der Waals surface area contributed by atoms with Crippen molar-refractivity contribution in [1.82, 2.24) is 15.0 Å². The highest BCUT2D eigenvalue weighted by molar-refractivity contribution is 6.28. The molecule has 7 heteroatoms. The van der Waals surface area contributed by atoms with E-state index in [0.29, 0.717) is 11.8 Å². The van der Waals surface area contributed by atoms with Gasteiger partial charge in [-0.05, 0) is 104 Å². The Morgan fingerprint density at radius 1 is 1.03 bits per heavy atom. The second-order valence-electron chi connectivity index (χ2n) is 9.28. The maximum absolute atomic E-state index is 13.9. The molecule has 1 fully saturated rings. The van der Waals surface area contributed by atoms with Crippen molar-refractivity contribution in [2.75, 3.05) is 12.4 Å². The van der Waals surface area contributed by atoms with Crippen molar-refractivity contribution in [1.29, 1.82) is 0 Å². The van der Waals surface area contributed by atoms with Crippen LogP contribution in [-0.4, -0.2) is 28.1 Å². The van der Waals surface area contributed by atoms with Gasteiger partial charge in [0.1, 0.15) is 17.4 Å². The molecule has 0 unspecified atom stereocenters. The largest absolute Gasteiger partial charge is 0.497 e. The SMILES string of the molecule is COc1ccc2c(N[C@H](C)C[C@H]3CC[C@@H](c4ccnc5ccc(F)cc54)CC3)nc(Cl)nc2c1. The Morgan fingerprint density at radius 3 is 2.65 bits per heavy atom. The lowest BCUT2D eigenvalue weighted by molar-refractivity contribution is 0.302. The summed E-state index contributed by atoms with van der Waals surface area (Å²) in [4.78, 5) is 13.2. The number of nitrogens with zero attached hydrogens (tertiary/aromatic N) is 3. The van der Waals surface area contributed by atoms with Gasteiger partial charge in [-0.1, -0.05) is 0 Å². The zero-order chi connectivity index (χ0) is 23.7. The van der Waals surface area contributed by atoms with E-state index >= 15 is 0 Å². The average Bonchev–Trinajstić information content (AvgIpc) is 2.83. The van der Waals surface area contributed by atoms with Crippen LogP contribution < -0.4 is 10.1 Å². The molecule has 1 aliphatic carbocycles. The van der Waals surface area contributed by atoms with Crippen LogP contribution in [0.3, 0.4) is 0 Å². The van der Waals surface area contributed by atoms with Gasteiger partial charge in [-0.2, -0.15) is 0 Å². The minimum Gasteiger partial charge on any atom is -0.497 e. The normalized spacial score (nSPS) is 19.3. The molecule has 5 nitrogen and oxygen atoms in total. The summed E-state index contributed by atoms with van der Waals surface area (Å²) in [7, 11) is 1.63. The van der Waals surface area contributed by atoms with Crippen molar-refractivity contribution >= 4 is 39.2 Å². The number of hydrogen-bond donors (Lipinski definition) is 1. The topological polar surface area (TPSA) is 59.9 Å². The number of ether oxygens (including phenoxy) is 1. The molecule has 0 aliphatic heterocycles. The highest BCUT2D eigenvalue weighted by Gasteiger charge is 2.25. The summed E-state index contributed by atoms with van der Waals surface area (Å²) < 4.78 is 19.2. The van der Waals surface area contributed by atoms with Crippen molar-refractivity contribution in [3.63, 3.8) is 0 Å². The minimum absolute atomic E-state index is 0.203. The van der Waals surface area contributed by atoms with Crippen LogP contribution in [0.5, 0.6) is 5.75 Å². The fourth-order valence-corrected chi connectivity index (χ4v) is 5.49. The molecule has 0 saturated heterocycles. The monoisotopic (exact) mass is 478 g/mol. The van der Waals surface area contributed by atoms with Gasteiger partial charge in [0.05, 0.1) is 18.1 Å². The molecule has 2 heterocycles. The maximum atomic E-state index is 13.9. The first-order valence-corrected chi connectivity index (χ1v) is 12.2. The second-order valence-corrected chi connectivity index (χ2v) is 9.62. The average molecular weight is 479 g/mol. The van der Waals surface area contributed by atoms with Crippen LogP contribution in [0, 0.1) is 11.7 Å². The number of anilines is 1. The van der Waals surface area contributed by atoms with Crippen LogP contribution in [0.25, 0.3) is 21.8 Å². The van der Waals surface area contributed by atoms with E-state index in [1.807, 2.05) is 24.4 Å². The molecule has 1 N–H and O–H groups in total. The highest BCUT2D eigenvalue weighted by Crippen LogP contribution is 2.40. The number of hydrogen-bond acceptors (Lipinski definition) is 5. The van der Waals surface area contributed by atoms with Gasteiger partial charge < -0.3 is 10.1 Å². The van der Waals surface area contributed by atoms with Gasteiger partial charge in [-0.3, -0.25) is 4.98 Å². The number of halogens is 2. The molecular formula is C27H28ClFN4O. The lowest BCUT2D eigenvalue weighted by atomic mass is 9.76. The van der Waals surface area contributed by atoms with E-state index in [-0.39, 0.29) is 17.1 Å². The number of benzene rings is 2. The number of rotatable bonds is 6. The van der Waals surface area contributed by atoms with Gasteiger partial charge >= 0.3 is 0 Å². The Hall–Kier alpha value is -2.99. The molecule has 2 aromatic heterocycles. The number of pyridine rings is 1. The lowest BCUT2D eigenvalue weighted by Gasteiger charge is -2.31. The van der Waals surface area contributed by atoms with Crippen molar-refractivity contribution in [3.8, 4) is 5.75 Å². The van der Waals surface area contributed by atoms with Gasteiger partial charge in [0.2, 0.25) is 5.28 Å². The summed E-state index contributed by atoms with van der Waals surface area (Å²) in [6.45, 7) is 2.19. The quantitative estimate of drug-likeness (QED) is 0.298. The van der Waals surface area contributed by atoms with Gasteiger partial charge in [-0.15, -0.1) is 0 Å². The Balaban J connectivity index is 1.24. The molecule has 5 rings (SSSR count). The Kier molecular flexibility index (Phi) is 6.50. The first kappa shape index (κ1) is 22.8. The first-order chi connectivity index (χ1) is 16.5. The van der Waals surface area contributed by atoms with Crippen molar-refractivity contribution < 1.29 is 9.13 Å². The molecule has 1 atom stereocenters. The predicted molar refractivity (Wildman–Crippen MR) is 135 cm³/mol. The Morgan fingerprint density at radius 2 is 1.85 bits per heavy atom. The van der Waals surface area contributed by atoms with Crippen molar-refractivity contribution in [2.24, 2.45) is 5.92 Å². The third kappa shape index (κ3) is 4.78. The molecular weight excluding hydrogens is 451 g/mol. The maximum Gasteiger partial charge on any atom is 0.224 e. The number of methoxy groups -OCH3 is 1. The number of fused-ring (bicyclic) bond motifs is 2. The summed E-state index contributed by atoms with van der Waals surface area (Å²) in [5.74, 6) is 2.37. The molecule has 176 valence electrons. The molecule has 34 heavy (non-hydrogen) atoms. The van der Waals surface area contributed by atoms with E-state index in [2.05, 4.69) is 33.3 Å². The summed E-state index contributed by atoms with van der Waals surface area (Å²) in [6, 6.07) is 12.9. The third-order valence-corrected chi connectivity index (χ3v) is 7.14. The molecule has 0 radical (unpaired) electrons. The number of nitrogens with one attached hydrogen (secondary N) is 1. The van der Waals surface area contributed by atoms with Crippen molar-refractivity contribution in [3.05, 3.63) is 65.3 Å². The second kappa shape index (κ2) is 9.71. The predicted octanol–water partition coefficient (Wildman–Crippen LogP) is 7.14. The smallest absolute Gasteiger partial charge is 0.224 e. The molecule has 0 amide bonds. The van der Waals surface area contributed by atoms with Gasteiger partial charge in [-0.25, -0.2) is 14.4 Å². The van der Waals surface area contributed by atoms with Gasteiger partial charge in [0.25, 0.3) is 0 Å². The van der Waals surface area contributed by atoms with Crippen LogP contribution in [-0.2, 0) is 0 Å². The molecule has 1 saturated carbocycles. The fraction of sp³-hybridized carbons (Fsp3) is 0.370. The van der Waals surface area contributed by atoms with E-state index in [1.165, 1.54) is 11.6 Å². The Bertz CT molecular complexity index is 1320. The number of aromatic nitrogens is 3. The zero-order valence-electron chi connectivity index (χ0n) is 19.4. The minimum atomic E-state index is -0.203. The first-order valence-electron chi connectivity index (χ1n) is 11.8. The Labute approximate surface area is 203 Å². The van der Waals surface area contributed by atoms with Crippen LogP contribution >= 0.6 is 11.6 Å². The highest BCUT2D eigenvalue weighted by atomic mass is 35.5. The van der Waals surface area contributed by atoms with E-state index < -0.39 is 0 Å². The fourth-order valence-electron chi connectivity index (χ4n) is 5.32. The molecule has 2 aromatic carbocycles. The van der Waals surface area contributed by atoms with Crippen molar-refractivity contribution in [2.45, 2.75) is 51.0 Å². The van der Waals surface area contributed by atoms with E-state index in [9.17, 15) is 4.39 Å². The molecule has 0 spiro atoms. The zero-order valence-corrected chi connectivity index (χ0v) is 20.1. The summed E-state index contributed by atoms with van der Waals surface area (Å²) in [5.41, 5.74) is 2.86. The lowest BCUT2D eigenvalue weighted by Crippen LogP contribution is -2.23. The summed E-state index contributed by atoms with van der Waals surface area (Å²) >= 11 is 6.19. The van der Waals surface area contributed by atoms with Crippen LogP contribution in [0.2, 0.25) is 5.28 Å². The molecule has 0 bridgehead atoms. The van der Waals surface area contributed by atoms with Crippen LogP contribution in [0.4, 0.5) is 10.2 Å². The third-order valence-electron chi connectivity index (χ3n) is 6.97. The van der Waals surface area contributed by atoms with Crippen LogP contribution in [0.1, 0.15) is 50.5 Å². The van der Waals surface area contributed by atoms with Crippen LogP contribution in [0.15, 0.2) is 48.7 Å². The molecule has 4 aromatic rings. The van der Waals surface area contributed by atoms with E-state index in [1.54, 1.807) is 19.2 Å². The summed E-state index contributed by atoms with van der Waals surface area (Å²) in [6.07, 6.45) is 7.42.